The van der Waals surface area contributed by atoms with Crippen LogP contribution in [0.3, 0.4) is 0 Å². The summed E-state index contributed by atoms with van der Waals surface area (Å²) in [5, 5.41) is 3.24. The number of likely N-dealkylation sites (tertiary alicyclic amines) is 1. The lowest BCUT2D eigenvalue weighted by Crippen LogP contribution is -2.35. The lowest BCUT2D eigenvalue weighted by atomic mass is 10.1. The van der Waals surface area contributed by atoms with Gasteiger partial charge in [-0.05, 0) is 37.8 Å². The van der Waals surface area contributed by atoms with E-state index in [2.05, 4.69) is 24.1 Å². The number of carbonyl (C=O) groups is 1. The van der Waals surface area contributed by atoms with Gasteiger partial charge in [0, 0.05) is 25.3 Å². The first-order chi connectivity index (χ1) is 9.27. The third kappa shape index (κ3) is 3.06. The molecule has 1 atom stereocenters. The predicted molar refractivity (Wildman–Crippen MR) is 77.4 cm³/mol. The van der Waals surface area contributed by atoms with Crippen molar-refractivity contribution in [3.63, 3.8) is 0 Å². The van der Waals surface area contributed by atoms with Crippen LogP contribution in [-0.2, 0) is 0 Å². The van der Waals surface area contributed by atoms with Crippen LogP contribution in [0.2, 0.25) is 0 Å². The summed E-state index contributed by atoms with van der Waals surface area (Å²) < 4.78 is 0. The van der Waals surface area contributed by atoms with Crippen LogP contribution >= 0.6 is 0 Å². The van der Waals surface area contributed by atoms with Gasteiger partial charge >= 0.3 is 0 Å². The number of amides is 1. The fraction of sp³-hybridized carbons (Fsp3) is 0.600. The van der Waals surface area contributed by atoms with Crippen molar-refractivity contribution in [2.45, 2.75) is 45.6 Å². The van der Waals surface area contributed by atoms with E-state index >= 15 is 0 Å². The minimum absolute atomic E-state index is 0.121. The maximum absolute atomic E-state index is 12.6. The summed E-state index contributed by atoms with van der Waals surface area (Å²) in [5.74, 6) is 0.840. The smallest absolute Gasteiger partial charge is 0.257 e. The molecule has 0 aromatic carbocycles. The molecule has 0 saturated carbocycles. The average molecular weight is 261 g/mol. The summed E-state index contributed by atoms with van der Waals surface area (Å²) in [5.41, 5.74) is 0.705. The predicted octanol–water partition coefficient (Wildman–Crippen LogP) is 2.92. The Kier molecular flexibility index (Phi) is 4.77. The molecule has 1 aliphatic heterocycles. The van der Waals surface area contributed by atoms with Crippen molar-refractivity contribution in [3.05, 3.63) is 23.9 Å². The number of hydrogen-bond donors (Lipinski definition) is 1. The zero-order chi connectivity index (χ0) is 13.7. The van der Waals surface area contributed by atoms with Gasteiger partial charge in [0.05, 0.1) is 5.56 Å². The Balaban J connectivity index is 2.18. The van der Waals surface area contributed by atoms with Gasteiger partial charge in [-0.25, -0.2) is 4.98 Å². The molecule has 0 radical (unpaired) electrons. The largest absolute Gasteiger partial charge is 0.369 e. The average Bonchev–Trinajstić information content (AvgIpc) is 2.93. The minimum atomic E-state index is 0.121. The second-order valence-electron chi connectivity index (χ2n) is 5.03. The van der Waals surface area contributed by atoms with Gasteiger partial charge in [-0.2, -0.15) is 0 Å². The van der Waals surface area contributed by atoms with E-state index in [0.29, 0.717) is 11.6 Å². The van der Waals surface area contributed by atoms with Gasteiger partial charge in [0.15, 0.2) is 0 Å². The lowest BCUT2D eigenvalue weighted by Gasteiger charge is -2.24. The molecule has 1 aromatic rings. The van der Waals surface area contributed by atoms with Crippen LogP contribution in [0.4, 0.5) is 5.82 Å². The molecule has 0 bridgehead atoms. The molecule has 104 valence electrons. The molecular formula is C15H23N3O. The van der Waals surface area contributed by atoms with E-state index in [1.165, 1.54) is 0 Å². The van der Waals surface area contributed by atoms with Gasteiger partial charge in [-0.1, -0.05) is 13.8 Å². The molecule has 1 saturated heterocycles. The van der Waals surface area contributed by atoms with Crippen molar-refractivity contribution < 1.29 is 4.79 Å². The molecule has 2 heterocycles. The molecule has 0 spiro atoms. The van der Waals surface area contributed by atoms with Gasteiger partial charge in [0.2, 0.25) is 0 Å². The summed E-state index contributed by atoms with van der Waals surface area (Å²) >= 11 is 0. The highest BCUT2D eigenvalue weighted by Gasteiger charge is 2.29. The highest BCUT2D eigenvalue weighted by atomic mass is 16.2. The molecule has 4 heteroatoms. The van der Waals surface area contributed by atoms with Crippen molar-refractivity contribution in [1.82, 2.24) is 9.88 Å². The maximum atomic E-state index is 12.6. The van der Waals surface area contributed by atoms with E-state index in [1.54, 1.807) is 6.20 Å². The second kappa shape index (κ2) is 6.55. The van der Waals surface area contributed by atoms with Crippen molar-refractivity contribution in [1.29, 1.82) is 0 Å². The van der Waals surface area contributed by atoms with Crippen LogP contribution in [0.5, 0.6) is 0 Å². The number of nitrogens with one attached hydrogen (secondary N) is 1. The van der Waals surface area contributed by atoms with Gasteiger partial charge < -0.3 is 10.2 Å². The van der Waals surface area contributed by atoms with Crippen LogP contribution in [-0.4, -0.2) is 34.9 Å². The number of carbonyl (C=O) groups excluding carboxylic acids is 1. The van der Waals surface area contributed by atoms with Gasteiger partial charge in [-0.3, -0.25) is 4.79 Å². The SMILES string of the molecule is CCCNc1ncccc1C(=O)N1CCCC1CC. The van der Waals surface area contributed by atoms with E-state index in [1.807, 2.05) is 17.0 Å². The summed E-state index contributed by atoms with van der Waals surface area (Å²) in [4.78, 5) is 19.0. The molecular weight excluding hydrogens is 238 g/mol. The molecule has 1 unspecified atom stereocenters. The monoisotopic (exact) mass is 261 g/mol. The number of anilines is 1. The first kappa shape index (κ1) is 13.8. The third-order valence-corrected chi connectivity index (χ3v) is 3.69. The quantitative estimate of drug-likeness (QED) is 0.886. The van der Waals surface area contributed by atoms with Crippen LogP contribution in [0, 0.1) is 0 Å². The van der Waals surface area contributed by atoms with E-state index in [0.717, 1.165) is 44.6 Å². The molecule has 2 rings (SSSR count). The molecule has 19 heavy (non-hydrogen) atoms. The Labute approximate surface area is 115 Å². The van der Waals surface area contributed by atoms with E-state index in [4.69, 9.17) is 0 Å². The van der Waals surface area contributed by atoms with Gasteiger partial charge in [0.25, 0.3) is 5.91 Å². The summed E-state index contributed by atoms with van der Waals surface area (Å²) in [6.07, 6.45) is 6.02. The minimum Gasteiger partial charge on any atom is -0.369 e. The van der Waals surface area contributed by atoms with Crippen LogP contribution < -0.4 is 5.32 Å². The lowest BCUT2D eigenvalue weighted by molar-refractivity contribution is 0.0734. The third-order valence-electron chi connectivity index (χ3n) is 3.69. The van der Waals surface area contributed by atoms with Crippen molar-refractivity contribution in [3.8, 4) is 0 Å². The number of aromatic nitrogens is 1. The molecule has 1 amide bonds. The zero-order valence-electron chi connectivity index (χ0n) is 11.9. The summed E-state index contributed by atoms with van der Waals surface area (Å²) in [6, 6.07) is 4.10. The maximum Gasteiger partial charge on any atom is 0.257 e. The molecule has 1 fully saturated rings. The first-order valence-corrected chi connectivity index (χ1v) is 7.27. The van der Waals surface area contributed by atoms with Crippen molar-refractivity contribution in [2.24, 2.45) is 0 Å². The number of pyridine rings is 1. The molecule has 1 aliphatic rings. The first-order valence-electron chi connectivity index (χ1n) is 7.27. The van der Waals surface area contributed by atoms with Crippen LogP contribution in [0.15, 0.2) is 18.3 Å². The molecule has 1 aromatic heterocycles. The zero-order valence-corrected chi connectivity index (χ0v) is 11.9. The molecule has 4 nitrogen and oxygen atoms in total. The van der Waals surface area contributed by atoms with Gasteiger partial charge in [0.1, 0.15) is 5.82 Å². The van der Waals surface area contributed by atoms with Crippen molar-refractivity contribution >= 4 is 11.7 Å². The molecule has 0 aliphatic carbocycles. The van der Waals surface area contributed by atoms with E-state index < -0.39 is 0 Å². The highest BCUT2D eigenvalue weighted by molar-refractivity contribution is 5.99. The second-order valence-corrected chi connectivity index (χ2v) is 5.03. The van der Waals surface area contributed by atoms with Gasteiger partial charge in [-0.15, -0.1) is 0 Å². The normalized spacial score (nSPS) is 18.6. The van der Waals surface area contributed by atoms with Crippen molar-refractivity contribution in [2.75, 3.05) is 18.4 Å². The van der Waals surface area contributed by atoms with Crippen LogP contribution in [0.1, 0.15) is 49.9 Å². The van der Waals surface area contributed by atoms with Crippen LogP contribution in [0.25, 0.3) is 0 Å². The molecule has 1 N–H and O–H groups in total. The summed E-state index contributed by atoms with van der Waals surface area (Å²) in [6.45, 7) is 5.97. The fourth-order valence-electron chi connectivity index (χ4n) is 2.64. The topological polar surface area (TPSA) is 45.2 Å². The Morgan fingerprint density at radius 2 is 2.37 bits per heavy atom. The Bertz CT molecular complexity index is 433. The fourth-order valence-corrected chi connectivity index (χ4v) is 2.64. The summed E-state index contributed by atoms with van der Waals surface area (Å²) in [7, 11) is 0. The number of nitrogens with zero attached hydrogens (tertiary/aromatic N) is 2. The standard InChI is InChI=1S/C15H23N3O/c1-3-9-16-14-13(8-5-10-17-14)15(19)18-11-6-7-12(18)4-2/h5,8,10,12H,3-4,6-7,9,11H2,1-2H3,(H,16,17). The highest BCUT2D eigenvalue weighted by Crippen LogP contribution is 2.24. The Morgan fingerprint density at radius 3 is 3.11 bits per heavy atom. The van der Waals surface area contributed by atoms with E-state index in [9.17, 15) is 4.79 Å². The number of hydrogen-bond acceptors (Lipinski definition) is 3. The van der Waals surface area contributed by atoms with E-state index in [-0.39, 0.29) is 5.91 Å². The number of rotatable bonds is 5. The Hall–Kier alpha value is -1.58. The Morgan fingerprint density at radius 1 is 1.53 bits per heavy atom.